The van der Waals surface area contributed by atoms with Gasteiger partial charge in [-0.2, -0.15) is 0 Å². The van der Waals surface area contributed by atoms with Crippen LogP contribution >= 0.6 is 22.9 Å². The third-order valence-electron chi connectivity index (χ3n) is 4.68. The number of anilines is 1. The van der Waals surface area contributed by atoms with Crippen molar-refractivity contribution in [1.29, 1.82) is 0 Å². The summed E-state index contributed by atoms with van der Waals surface area (Å²) in [6.07, 6.45) is 3.22. The molecule has 0 unspecified atom stereocenters. The fourth-order valence-electron chi connectivity index (χ4n) is 3.34. The van der Waals surface area contributed by atoms with Crippen LogP contribution in [0.1, 0.15) is 16.2 Å². The largest absolute Gasteiger partial charge is 0.465 e. The Bertz CT molecular complexity index is 1300. The van der Waals surface area contributed by atoms with Gasteiger partial charge >= 0.3 is 0 Å². The predicted molar refractivity (Wildman–Crippen MR) is 119 cm³/mol. The molecule has 29 heavy (non-hydrogen) atoms. The summed E-state index contributed by atoms with van der Waals surface area (Å²) in [7, 11) is 0. The van der Waals surface area contributed by atoms with Crippen molar-refractivity contribution in [2.45, 2.75) is 6.92 Å². The number of aliphatic imine (C=N–C) groups is 1. The van der Waals surface area contributed by atoms with Gasteiger partial charge in [0.2, 0.25) is 0 Å². The van der Waals surface area contributed by atoms with Gasteiger partial charge in [-0.1, -0.05) is 41.9 Å². The van der Waals surface area contributed by atoms with E-state index in [4.69, 9.17) is 16.0 Å². The molecule has 1 aliphatic heterocycles. The fraction of sp³-hybridized carbons (Fsp3) is 0.0435. The van der Waals surface area contributed by atoms with Crippen molar-refractivity contribution in [3.05, 3.63) is 93.8 Å². The monoisotopic (exact) mass is 418 g/mol. The number of nitrogens with zero attached hydrogens (tertiary/aromatic N) is 2. The summed E-state index contributed by atoms with van der Waals surface area (Å²) in [6, 6.07) is 19.3. The highest BCUT2D eigenvalue weighted by molar-refractivity contribution is 7.21. The number of hydrogen-bond acceptors (Lipinski definition) is 4. The number of amidine groups is 1. The minimum Gasteiger partial charge on any atom is -0.465 e. The summed E-state index contributed by atoms with van der Waals surface area (Å²) < 4.78 is 6.43. The van der Waals surface area contributed by atoms with Gasteiger partial charge < -0.3 is 4.42 Å². The van der Waals surface area contributed by atoms with Crippen LogP contribution in [0.3, 0.4) is 0 Å². The standard InChI is InChI=1S/C23H15ClN2O2S/c1-14-6-4-7-15(12-14)26-22(21-20(24)17-9-2-3-10-19(17)29-21)25-18(23(26)27)13-16-8-5-11-28-16/h2-13H,1H3/b18-13+. The smallest absolute Gasteiger partial charge is 0.282 e. The summed E-state index contributed by atoms with van der Waals surface area (Å²) in [6.45, 7) is 1.99. The zero-order valence-electron chi connectivity index (χ0n) is 15.4. The Morgan fingerprint density at radius 1 is 1.10 bits per heavy atom. The van der Waals surface area contributed by atoms with Crippen LogP contribution in [0.15, 0.2) is 82.0 Å². The van der Waals surface area contributed by atoms with Crippen LogP contribution in [-0.4, -0.2) is 11.7 Å². The van der Waals surface area contributed by atoms with E-state index in [1.807, 2.05) is 55.5 Å². The topological polar surface area (TPSA) is 45.8 Å². The molecule has 0 saturated heterocycles. The van der Waals surface area contributed by atoms with Crippen molar-refractivity contribution in [1.82, 2.24) is 0 Å². The Labute approximate surface area is 176 Å². The van der Waals surface area contributed by atoms with Crippen LogP contribution in [-0.2, 0) is 4.79 Å². The lowest BCUT2D eigenvalue weighted by atomic mass is 10.2. The number of rotatable bonds is 3. The highest BCUT2D eigenvalue weighted by Gasteiger charge is 2.35. The minimum atomic E-state index is -0.212. The summed E-state index contributed by atoms with van der Waals surface area (Å²) in [5, 5.41) is 1.56. The zero-order valence-corrected chi connectivity index (χ0v) is 17.0. The molecule has 0 saturated carbocycles. The molecule has 2 aromatic heterocycles. The number of halogens is 1. The second kappa shape index (κ2) is 7.03. The first-order chi connectivity index (χ1) is 14.1. The molecule has 0 radical (unpaired) electrons. The Kier molecular flexibility index (Phi) is 4.34. The van der Waals surface area contributed by atoms with Gasteiger partial charge in [0.1, 0.15) is 11.5 Å². The lowest BCUT2D eigenvalue weighted by Crippen LogP contribution is -2.32. The van der Waals surface area contributed by atoms with Crippen molar-refractivity contribution in [2.24, 2.45) is 4.99 Å². The maximum Gasteiger partial charge on any atom is 0.282 e. The molecule has 142 valence electrons. The number of carbonyl (C=O) groups excluding carboxylic acids is 1. The Morgan fingerprint density at radius 3 is 2.72 bits per heavy atom. The van der Waals surface area contributed by atoms with E-state index in [1.165, 1.54) is 11.3 Å². The lowest BCUT2D eigenvalue weighted by molar-refractivity contribution is -0.113. The average molecular weight is 419 g/mol. The molecule has 0 spiro atoms. The van der Waals surface area contributed by atoms with Gasteiger partial charge in [0.05, 0.1) is 21.9 Å². The minimum absolute atomic E-state index is 0.212. The van der Waals surface area contributed by atoms with Crippen molar-refractivity contribution in [3.63, 3.8) is 0 Å². The van der Waals surface area contributed by atoms with Gasteiger partial charge in [-0.05, 0) is 42.8 Å². The number of amides is 1. The first kappa shape index (κ1) is 17.9. The van der Waals surface area contributed by atoms with Gasteiger partial charge in [0, 0.05) is 16.2 Å². The average Bonchev–Trinajstić information content (AvgIpc) is 3.42. The van der Waals surface area contributed by atoms with Crippen LogP contribution in [0.25, 0.3) is 16.2 Å². The van der Waals surface area contributed by atoms with Crippen molar-refractivity contribution >= 4 is 56.5 Å². The Morgan fingerprint density at radius 2 is 1.97 bits per heavy atom. The molecular weight excluding hydrogens is 404 g/mol. The number of aryl methyl sites for hydroxylation is 1. The molecule has 1 amide bonds. The van der Waals surface area contributed by atoms with Gasteiger partial charge in [-0.25, -0.2) is 4.99 Å². The second-order valence-corrected chi connectivity index (χ2v) is 8.13. The Balaban J connectivity index is 1.71. The van der Waals surface area contributed by atoms with E-state index >= 15 is 0 Å². The molecule has 2 aromatic carbocycles. The number of hydrogen-bond donors (Lipinski definition) is 0. The maximum absolute atomic E-state index is 13.3. The molecule has 4 nitrogen and oxygen atoms in total. The van der Waals surface area contributed by atoms with E-state index in [9.17, 15) is 4.79 Å². The number of furan rings is 1. The highest BCUT2D eigenvalue weighted by atomic mass is 35.5. The van der Waals surface area contributed by atoms with Gasteiger partial charge in [0.25, 0.3) is 5.91 Å². The molecule has 0 N–H and O–H groups in total. The molecule has 0 fully saturated rings. The lowest BCUT2D eigenvalue weighted by Gasteiger charge is -2.18. The number of fused-ring (bicyclic) bond motifs is 1. The van der Waals surface area contributed by atoms with Crippen molar-refractivity contribution in [3.8, 4) is 0 Å². The SMILES string of the molecule is Cc1cccc(N2C(=O)/C(=C\c3ccco3)N=C2c2sc3ccccc3c2Cl)c1. The van der Waals surface area contributed by atoms with Crippen LogP contribution in [0.2, 0.25) is 5.02 Å². The third-order valence-corrected chi connectivity index (χ3v) is 6.35. The third kappa shape index (κ3) is 3.09. The molecule has 0 aliphatic carbocycles. The predicted octanol–water partition coefficient (Wildman–Crippen LogP) is 6.29. The molecule has 0 atom stereocenters. The van der Waals surface area contributed by atoms with E-state index < -0.39 is 0 Å². The molecular formula is C23H15ClN2O2S. The van der Waals surface area contributed by atoms with E-state index in [0.29, 0.717) is 22.3 Å². The van der Waals surface area contributed by atoms with Crippen LogP contribution in [0, 0.1) is 6.92 Å². The summed E-state index contributed by atoms with van der Waals surface area (Å²) >= 11 is 8.24. The van der Waals surface area contributed by atoms with Crippen LogP contribution < -0.4 is 4.90 Å². The first-order valence-electron chi connectivity index (χ1n) is 9.04. The quantitative estimate of drug-likeness (QED) is 0.367. The van der Waals surface area contributed by atoms with E-state index in [-0.39, 0.29) is 5.91 Å². The molecule has 5 rings (SSSR count). The van der Waals surface area contributed by atoms with Crippen LogP contribution in [0.5, 0.6) is 0 Å². The van der Waals surface area contributed by atoms with Gasteiger partial charge in [-0.15, -0.1) is 11.3 Å². The van der Waals surface area contributed by atoms with E-state index in [0.717, 1.165) is 26.2 Å². The molecule has 0 bridgehead atoms. The van der Waals surface area contributed by atoms with Crippen molar-refractivity contribution < 1.29 is 9.21 Å². The summed E-state index contributed by atoms with van der Waals surface area (Å²) in [5.74, 6) is 0.894. The van der Waals surface area contributed by atoms with Crippen molar-refractivity contribution in [2.75, 3.05) is 4.90 Å². The number of carbonyl (C=O) groups is 1. The Hall–Kier alpha value is -3.15. The second-order valence-electron chi connectivity index (χ2n) is 6.70. The molecule has 4 aromatic rings. The van der Waals surface area contributed by atoms with E-state index in [1.54, 1.807) is 29.4 Å². The molecule has 3 heterocycles. The molecule has 1 aliphatic rings. The zero-order chi connectivity index (χ0) is 20.0. The highest BCUT2D eigenvalue weighted by Crippen LogP contribution is 2.39. The van der Waals surface area contributed by atoms with Gasteiger partial charge in [-0.3, -0.25) is 9.69 Å². The first-order valence-corrected chi connectivity index (χ1v) is 10.2. The number of benzene rings is 2. The maximum atomic E-state index is 13.3. The normalized spacial score (nSPS) is 15.5. The number of thiophene rings is 1. The summed E-state index contributed by atoms with van der Waals surface area (Å²) in [4.78, 5) is 20.4. The fourth-order valence-corrected chi connectivity index (χ4v) is 4.84. The summed E-state index contributed by atoms with van der Waals surface area (Å²) in [5.41, 5.74) is 2.12. The van der Waals surface area contributed by atoms with Gasteiger partial charge in [0.15, 0.2) is 5.84 Å². The van der Waals surface area contributed by atoms with Crippen LogP contribution in [0.4, 0.5) is 5.69 Å². The van der Waals surface area contributed by atoms with E-state index in [2.05, 4.69) is 4.99 Å². The molecule has 6 heteroatoms.